The van der Waals surface area contributed by atoms with E-state index in [1.165, 1.54) is 43.3 Å². The fraction of sp³-hybridized carbons (Fsp3) is 0.176. The monoisotopic (exact) mass is 403 g/mol. The summed E-state index contributed by atoms with van der Waals surface area (Å²) < 4.78 is 34.1. The van der Waals surface area contributed by atoms with E-state index in [-0.39, 0.29) is 22.0 Å². The number of nitrogens with one attached hydrogen (secondary N) is 1. The molecule has 0 fully saturated rings. The van der Waals surface area contributed by atoms with E-state index in [1.807, 2.05) is 0 Å². The number of amides is 1. The quantitative estimate of drug-likeness (QED) is 0.704. The first-order valence-electron chi connectivity index (χ1n) is 7.28. The average Bonchev–Trinajstić information content (AvgIpc) is 2.57. The summed E-state index contributed by atoms with van der Waals surface area (Å²) in [5.41, 5.74) is 0.0155. The third-order valence-corrected chi connectivity index (χ3v) is 3.73. The molecule has 1 N–H and O–H groups in total. The van der Waals surface area contributed by atoms with Crippen LogP contribution in [0.15, 0.2) is 42.5 Å². The number of hydrogen-bond acceptors (Lipinski definition) is 4. The molecule has 2 aromatic carbocycles. The predicted octanol–water partition coefficient (Wildman–Crippen LogP) is 4.78. The summed E-state index contributed by atoms with van der Waals surface area (Å²) >= 11 is 11.8. The lowest BCUT2D eigenvalue weighted by molar-refractivity contribution is -0.123. The summed E-state index contributed by atoms with van der Waals surface area (Å²) in [6.07, 6.45) is -1.22. The van der Waals surface area contributed by atoms with Crippen LogP contribution in [-0.4, -0.2) is 24.6 Å². The van der Waals surface area contributed by atoms with Gasteiger partial charge in [0.2, 0.25) is 0 Å². The van der Waals surface area contributed by atoms with Gasteiger partial charge in [-0.3, -0.25) is 4.79 Å². The molecule has 0 heterocycles. The van der Waals surface area contributed by atoms with Crippen molar-refractivity contribution in [3.05, 3.63) is 58.1 Å². The van der Waals surface area contributed by atoms with Crippen molar-refractivity contribution in [2.24, 2.45) is 0 Å². The smallest absolute Gasteiger partial charge is 0.387 e. The van der Waals surface area contributed by atoms with Gasteiger partial charge in [-0.15, -0.1) is 0 Å². The lowest BCUT2D eigenvalue weighted by Gasteiger charge is -2.15. The molecule has 0 spiro atoms. The molecule has 0 aromatic heterocycles. The molecular formula is C17H13Cl2F2NO4. The Balaban J connectivity index is 2.07. The topological polar surface area (TPSA) is 64.6 Å². The minimum Gasteiger partial charge on any atom is -0.449 e. The largest absolute Gasteiger partial charge is 0.449 e. The lowest BCUT2D eigenvalue weighted by atomic mass is 10.2. The van der Waals surface area contributed by atoms with Crippen LogP contribution in [0.2, 0.25) is 10.0 Å². The lowest BCUT2D eigenvalue weighted by Crippen LogP contribution is -2.30. The van der Waals surface area contributed by atoms with Crippen molar-refractivity contribution >= 4 is 40.8 Å². The summed E-state index contributed by atoms with van der Waals surface area (Å²) in [5.74, 6) is -2.01. The van der Waals surface area contributed by atoms with Crippen molar-refractivity contribution in [1.82, 2.24) is 0 Å². The van der Waals surface area contributed by atoms with E-state index in [9.17, 15) is 18.4 Å². The molecule has 0 saturated heterocycles. The van der Waals surface area contributed by atoms with E-state index in [0.717, 1.165) is 0 Å². The number of rotatable bonds is 6. The van der Waals surface area contributed by atoms with Gasteiger partial charge in [0.25, 0.3) is 5.91 Å². The second-order valence-corrected chi connectivity index (χ2v) is 5.88. The highest BCUT2D eigenvalue weighted by atomic mass is 35.5. The van der Waals surface area contributed by atoms with Gasteiger partial charge in [-0.25, -0.2) is 4.79 Å². The molecule has 5 nitrogen and oxygen atoms in total. The highest BCUT2D eigenvalue weighted by Gasteiger charge is 2.23. The maximum atomic E-state index is 12.4. The molecule has 26 heavy (non-hydrogen) atoms. The van der Waals surface area contributed by atoms with Crippen molar-refractivity contribution < 1.29 is 27.8 Å². The van der Waals surface area contributed by atoms with Crippen LogP contribution < -0.4 is 10.1 Å². The molecule has 2 aromatic rings. The number of anilines is 1. The number of esters is 1. The van der Waals surface area contributed by atoms with Gasteiger partial charge >= 0.3 is 12.6 Å². The third kappa shape index (κ3) is 5.31. The Bertz CT molecular complexity index is 817. The number of benzene rings is 2. The summed E-state index contributed by atoms with van der Waals surface area (Å²) in [5, 5.41) is 3.07. The molecule has 0 radical (unpaired) electrons. The first-order chi connectivity index (χ1) is 12.3. The zero-order chi connectivity index (χ0) is 19.3. The number of ether oxygens (including phenoxy) is 2. The molecule has 138 valence electrons. The fourth-order valence-corrected chi connectivity index (χ4v) is 2.28. The van der Waals surface area contributed by atoms with E-state index in [0.29, 0.717) is 5.02 Å². The maximum absolute atomic E-state index is 12.4. The molecule has 0 aliphatic heterocycles. The second-order valence-electron chi connectivity index (χ2n) is 5.04. The summed E-state index contributed by atoms with van der Waals surface area (Å²) in [6, 6.07) is 9.79. The van der Waals surface area contributed by atoms with E-state index in [2.05, 4.69) is 10.1 Å². The molecule has 0 aliphatic rings. The molecule has 0 unspecified atom stereocenters. The van der Waals surface area contributed by atoms with Crippen LogP contribution in [0.5, 0.6) is 5.75 Å². The number of para-hydroxylation sites is 1. The van der Waals surface area contributed by atoms with Gasteiger partial charge in [0.05, 0.1) is 10.7 Å². The van der Waals surface area contributed by atoms with Crippen molar-refractivity contribution in [3.8, 4) is 5.75 Å². The summed E-state index contributed by atoms with van der Waals surface area (Å²) in [4.78, 5) is 24.3. The molecule has 0 saturated carbocycles. The zero-order valence-corrected chi connectivity index (χ0v) is 14.9. The summed E-state index contributed by atoms with van der Waals surface area (Å²) in [7, 11) is 0. The predicted molar refractivity (Wildman–Crippen MR) is 93.0 cm³/mol. The van der Waals surface area contributed by atoms with Gasteiger partial charge < -0.3 is 14.8 Å². The minimum absolute atomic E-state index is 0.228. The standard InChI is InChI=1S/C17H13Cl2F2NO4/c1-9(15(23)22-13-8-10(18)6-7-12(13)19)25-16(24)11-4-2-3-5-14(11)26-17(20)21/h2-9,17H,1H3,(H,22,23)/t9-/m1/s1. The van der Waals surface area contributed by atoms with E-state index < -0.39 is 24.6 Å². The molecule has 9 heteroatoms. The van der Waals surface area contributed by atoms with E-state index >= 15 is 0 Å². The van der Waals surface area contributed by atoms with Gasteiger partial charge in [-0.2, -0.15) is 8.78 Å². The van der Waals surface area contributed by atoms with Crippen LogP contribution in [0.3, 0.4) is 0 Å². The molecule has 0 bridgehead atoms. The van der Waals surface area contributed by atoms with Gasteiger partial charge in [0.1, 0.15) is 11.3 Å². The van der Waals surface area contributed by atoms with Crippen molar-refractivity contribution in [2.45, 2.75) is 19.6 Å². The fourth-order valence-electron chi connectivity index (χ4n) is 1.94. The number of carbonyl (C=O) groups excluding carboxylic acids is 2. The Morgan fingerprint density at radius 2 is 1.81 bits per heavy atom. The highest BCUT2D eigenvalue weighted by molar-refractivity contribution is 6.35. The van der Waals surface area contributed by atoms with Crippen LogP contribution in [-0.2, 0) is 9.53 Å². The third-order valence-electron chi connectivity index (χ3n) is 3.16. The van der Waals surface area contributed by atoms with Gasteiger partial charge in [0, 0.05) is 5.02 Å². The van der Waals surface area contributed by atoms with Crippen LogP contribution in [0.25, 0.3) is 0 Å². The summed E-state index contributed by atoms with van der Waals surface area (Å²) in [6.45, 7) is -1.78. The molecule has 1 atom stereocenters. The zero-order valence-electron chi connectivity index (χ0n) is 13.3. The highest BCUT2D eigenvalue weighted by Crippen LogP contribution is 2.26. The Labute approximate surface area is 157 Å². The number of alkyl halides is 2. The number of halogens is 4. The normalized spacial score (nSPS) is 11.8. The Morgan fingerprint density at radius 1 is 1.12 bits per heavy atom. The second kappa shape index (κ2) is 8.82. The number of hydrogen-bond donors (Lipinski definition) is 1. The van der Waals surface area contributed by atoms with Gasteiger partial charge in [0.15, 0.2) is 6.10 Å². The number of carbonyl (C=O) groups is 2. The Morgan fingerprint density at radius 3 is 2.50 bits per heavy atom. The van der Waals surface area contributed by atoms with Crippen molar-refractivity contribution in [1.29, 1.82) is 0 Å². The SMILES string of the molecule is C[C@@H](OC(=O)c1ccccc1OC(F)F)C(=O)Nc1cc(Cl)ccc1Cl. The van der Waals surface area contributed by atoms with Crippen molar-refractivity contribution in [3.63, 3.8) is 0 Å². The molecule has 2 rings (SSSR count). The maximum Gasteiger partial charge on any atom is 0.387 e. The van der Waals surface area contributed by atoms with Crippen LogP contribution in [0, 0.1) is 0 Å². The molecule has 0 aliphatic carbocycles. The minimum atomic E-state index is -3.10. The van der Waals surface area contributed by atoms with Crippen LogP contribution in [0.1, 0.15) is 17.3 Å². The van der Waals surface area contributed by atoms with Crippen molar-refractivity contribution in [2.75, 3.05) is 5.32 Å². The average molecular weight is 404 g/mol. The first-order valence-corrected chi connectivity index (χ1v) is 8.04. The van der Waals surface area contributed by atoms with Gasteiger partial charge in [-0.05, 0) is 37.3 Å². The van der Waals surface area contributed by atoms with Crippen LogP contribution in [0.4, 0.5) is 14.5 Å². The van der Waals surface area contributed by atoms with E-state index in [4.69, 9.17) is 27.9 Å². The van der Waals surface area contributed by atoms with E-state index in [1.54, 1.807) is 6.07 Å². The molecule has 1 amide bonds. The first kappa shape index (κ1) is 19.9. The molecular weight excluding hydrogens is 391 g/mol. The van der Waals surface area contributed by atoms with Gasteiger partial charge in [-0.1, -0.05) is 35.3 Å². The van der Waals surface area contributed by atoms with Crippen LogP contribution >= 0.6 is 23.2 Å². The Hall–Kier alpha value is -2.38. The Kier molecular flexibility index (Phi) is 6.76.